The molecular formula is C55H37NO. The molecule has 0 fully saturated rings. The molecule has 9 aromatic rings. The summed E-state index contributed by atoms with van der Waals surface area (Å²) < 4.78 is 6.87. The van der Waals surface area contributed by atoms with Gasteiger partial charge in [0.1, 0.15) is 11.5 Å². The zero-order valence-electron chi connectivity index (χ0n) is 31.2. The molecule has 2 nitrogen and oxygen atoms in total. The molecule has 1 aliphatic heterocycles. The second-order valence-corrected chi connectivity index (χ2v) is 14.8. The SMILES string of the molecule is c1ccc(-c2ccc(N(c3ccc4c(c3)C3(c5ccccc5Oc5cccc(-c6ccccc6)c53)c3ccccc3-4)c3ccccc3-c3ccccc3)cc2)cc1. The molecule has 11 rings (SSSR count). The average Bonchev–Trinajstić information content (AvgIpc) is 3.57. The van der Waals surface area contributed by atoms with Crippen molar-refractivity contribution in [3.05, 3.63) is 247 Å². The number of hydrogen-bond donors (Lipinski definition) is 0. The molecule has 0 aromatic heterocycles. The number of fused-ring (bicyclic) bond motifs is 9. The van der Waals surface area contributed by atoms with Gasteiger partial charge in [0.2, 0.25) is 0 Å². The predicted molar refractivity (Wildman–Crippen MR) is 235 cm³/mol. The van der Waals surface area contributed by atoms with E-state index in [-0.39, 0.29) is 0 Å². The Bertz CT molecular complexity index is 2920. The van der Waals surface area contributed by atoms with Crippen molar-refractivity contribution in [2.75, 3.05) is 4.90 Å². The van der Waals surface area contributed by atoms with E-state index in [0.29, 0.717) is 0 Å². The molecule has 1 heterocycles. The fraction of sp³-hybridized carbons (Fsp3) is 0.0182. The quantitative estimate of drug-likeness (QED) is 0.169. The maximum atomic E-state index is 6.87. The molecule has 1 atom stereocenters. The first-order valence-corrected chi connectivity index (χ1v) is 19.6. The molecule has 2 heteroatoms. The third-order valence-corrected chi connectivity index (χ3v) is 11.7. The minimum Gasteiger partial charge on any atom is -0.457 e. The Morgan fingerprint density at radius 2 is 0.825 bits per heavy atom. The molecular weight excluding hydrogens is 691 g/mol. The van der Waals surface area contributed by atoms with Gasteiger partial charge in [-0.15, -0.1) is 0 Å². The monoisotopic (exact) mass is 727 g/mol. The molecule has 1 spiro atoms. The Balaban J connectivity index is 1.20. The van der Waals surface area contributed by atoms with E-state index >= 15 is 0 Å². The van der Waals surface area contributed by atoms with Crippen molar-refractivity contribution in [2.45, 2.75) is 5.41 Å². The van der Waals surface area contributed by atoms with E-state index in [1.807, 2.05) is 0 Å². The van der Waals surface area contributed by atoms with E-state index in [2.05, 4.69) is 229 Å². The smallest absolute Gasteiger partial charge is 0.132 e. The summed E-state index contributed by atoms with van der Waals surface area (Å²) in [6.07, 6.45) is 0. The molecule has 0 radical (unpaired) electrons. The van der Waals surface area contributed by atoms with Gasteiger partial charge in [-0.25, -0.2) is 0 Å². The highest BCUT2D eigenvalue weighted by Gasteiger charge is 2.52. The Morgan fingerprint density at radius 1 is 0.316 bits per heavy atom. The van der Waals surface area contributed by atoms with Gasteiger partial charge in [0.25, 0.3) is 0 Å². The molecule has 2 aliphatic rings. The minimum atomic E-state index is -0.652. The normalized spacial score (nSPS) is 14.5. The van der Waals surface area contributed by atoms with E-state index in [9.17, 15) is 0 Å². The first-order chi connectivity index (χ1) is 28.3. The van der Waals surface area contributed by atoms with Crippen LogP contribution in [0.3, 0.4) is 0 Å². The minimum absolute atomic E-state index is 0.652. The number of para-hydroxylation sites is 2. The fourth-order valence-corrected chi connectivity index (χ4v) is 9.34. The lowest BCUT2D eigenvalue weighted by Gasteiger charge is -2.41. The van der Waals surface area contributed by atoms with Crippen LogP contribution < -0.4 is 9.64 Å². The molecule has 1 unspecified atom stereocenters. The zero-order chi connectivity index (χ0) is 37.8. The molecule has 0 N–H and O–H groups in total. The third kappa shape index (κ3) is 5.18. The van der Waals surface area contributed by atoms with Crippen LogP contribution in [0.2, 0.25) is 0 Å². The van der Waals surface area contributed by atoms with Crippen LogP contribution in [0.15, 0.2) is 224 Å². The fourth-order valence-electron chi connectivity index (χ4n) is 9.34. The summed E-state index contributed by atoms with van der Waals surface area (Å²) in [6.45, 7) is 0. The van der Waals surface area contributed by atoms with Crippen LogP contribution in [0.1, 0.15) is 22.3 Å². The van der Waals surface area contributed by atoms with Gasteiger partial charge < -0.3 is 9.64 Å². The van der Waals surface area contributed by atoms with Crippen molar-refractivity contribution >= 4 is 17.1 Å². The summed E-state index contributed by atoms with van der Waals surface area (Å²) in [4.78, 5) is 2.43. The number of anilines is 3. The number of rotatable bonds is 6. The van der Waals surface area contributed by atoms with E-state index in [1.54, 1.807) is 0 Å². The second-order valence-electron chi connectivity index (χ2n) is 14.8. The summed E-state index contributed by atoms with van der Waals surface area (Å²) in [5.74, 6) is 1.76. The molecule has 0 amide bonds. The van der Waals surface area contributed by atoms with Crippen LogP contribution in [-0.2, 0) is 5.41 Å². The highest BCUT2D eigenvalue weighted by Crippen LogP contribution is 2.64. The summed E-state index contributed by atoms with van der Waals surface area (Å²) in [7, 11) is 0. The number of hydrogen-bond acceptors (Lipinski definition) is 2. The van der Waals surface area contributed by atoms with E-state index in [1.165, 1.54) is 50.1 Å². The van der Waals surface area contributed by atoms with Gasteiger partial charge in [-0.05, 0) is 92.5 Å². The molecule has 268 valence electrons. The standard InChI is InChI=1S/C55H37NO/c1-4-17-38(18-5-1)39-31-33-42(34-32-39)56(51-28-14-11-23-44(51)40-19-6-2-7-20-40)43-35-36-47-46-24-10-12-26-48(46)55(50(47)37-43)49-27-13-15-29-52(49)57-53-30-16-25-45(54(53)55)41-21-8-3-9-22-41/h1-37H. The number of ether oxygens (including phenoxy) is 1. The second kappa shape index (κ2) is 13.4. The number of nitrogens with zero attached hydrogens (tertiary/aromatic N) is 1. The van der Waals surface area contributed by atoms with Crippen molar-refractivity contribution in [3.8, 4) is 56.0 Å². The maximum absolute atomic E-state index is 6.87. The zero-order valence-corrected chi connectivity index (χ0v) is 31.2. The van der Waals surface area contributed by atoms with Crippen molar-refractivity contribution in [1.82, 2.24) is 0 Å². The van der Waals surface area contributed by atoms with E-state index in [4.69, 9.17) is 4.74 Å². The van der Waals surface area contributed by atoms with Crippen molar-refractivity contribution < 1.29 is 4.74 Å². The van der Waals surface area contributed by atoms with Crippen molar-refractivity contribution in [3.63, 3.8) is 0 Å². The van der Waals surface area contributed by atoms with Gasteiger partial charge in [0, 0.05) is 28.1 Å². The lowest BCUT2D eigenvalue weighted by molar-refractivity contribution is 0.437. The first-order valence-electron chi connectivity index (χ1n) is 19.6. The largest absolute Gasteiger partial charge is 0.457 e. The average molecular weight is 728 g/mol. The van der Waals surface area contributed by atoms with Crippen LogP contribution in [0.5, 0.6) is 11.5 Å². The molecule has 57 heavy (non-hydrogen) atoms. The van der Waals surface area contributed by atoms with Gasteiger partial charge >= 0.3 is 0 Å². The van der Waals surface area contributed by atoms with Gasteiger partial charge in [-0.1, -0.05) is 182 Å². The Morgan fingerprint density at radius 3 is 1.56 bits per heavy atom. The molecule has 0 saturated heterocycles. The van der Waals surface area contributed by atoms with Crippen molar-refractivity contribution in [1.29, 1.82) is 0 Å². The number of benzene rings is 9. The van der Waals surface area contributed by atoms with Crippen LogP contribution in [-0.4, -0.2) is 0 Å². The molecule has 0 bridgehead atoms. The van der Waals surface area contributed by atoms with Crippen LogP contribution in [0, 0.1) is 0 Å². The molecule has 0 saturated carbocycles. The van der Waals surface area contributed by atoms with E-state index < -0.39 is 5.41 Å². The topological polar surface area (TPSA) is 12.5 Å². The van der Waals surface area contributed by atoms with Gasteiger partial charge in [-0.2, -0.15) is 0 Å². The third-order valence-electron chi connectivity index (χ3n) is 11.7. The van der Waals surface area contributed by atoms with Gasteiger partial charge in [0.05, 0.1) is 11.1 Å². The summed E-state index contributed by atoms with van der Waals surface area (Å²) in [6, 6.07) is 81.1. The van der Waals surface area contributed by atoms with Crippen LogP contribution >= 0.6 is 0 Å². The lowest BCUT2D eigenvalue weighted by Crippen LogP contribution is -2.33. The molecule has 1 aliphatic carbocycles. The maximum Gasteiger partial charge on any atom is 0.132 e. The summed E-state index contributed by atoms with van der Waals surface area (Å²) >= 11 is 0. The Hall–Kier alpha value is -7.42. The van der Waals surface area contributed by atoms with Crippen LogP contribution in [0.4, 0.5) is 17.1 Å². The van der Waals surface area contributed by atoms with Gasteiger partial charge in [-0.3, -0.25) is 0 Å². The predicted octanol–water partition coefficient (Wildman–Crippen LogP) is 14.6. The lowest BCUT2D eigenvalue weighted by atomic mass is 9.64. The first kappa shape index (κ1) is 33.0. The van der Waals surface area contributed by atoms with Gasteiger partial charge in [0.15, 0.2) is 0 Å². The Kier molecular flexibility index (Phi) is 7.75. The summed E-state index contributed by atoms with van der Waals surface area (Å²) in [5.41, 5.74) is 17.0. The van der Waals surface area contributed by atoms with Crippen LogP contribution in [0.25, 0.3) is 44.5 Å². The van der Waals surface area contributed by atoms with E-state index in [0.717, 1.165) is 45.3 Å². The molecule has 9 aromatic carbocycles. The van der Waals surface area contributed by atoms with Crippen molar-refractivity contribution in [2.24, 2.45) is 0 Å². The Labute approximate surface area is 333 Å². The highest BCUT2D eigenvalue weighted by molar-refractivity contribution is 5.95. The highest BCUT2D eigenvalue weighted by atomic mass is 16.5. The summed E-state index contributed by atoms with van der Waals surface area (Å²) in [5, 5.41) is 0.